The number of aliphatic hydroxyl groups excluding tert-OH is 1. The Morgan fingerprint density at radius 3 is 2.56 bits per heavy atom. The molecule has 9 heavy (non-hydrogen) atoms. The zero-order valence-corrected chi connectivity index (χ0v) is 5.16. The lowest BCUT2D eigenvalue weighted by Crippen LogP contribution is -2.48. The van der Waals surface area contributed by atoms with Crippen molar-refractivity contribution in [1.82, 2.24) is 0 Å². The Kier molecular flexibility index (Phi) is 2.02. The molecule has 1 saturated heterocycles. The van der Waals surface area contributed by atoms with Crippen molar-refractivity contribution < 1.29 is 9.84 Å². The highest BCUT2D eigenvalue weighted by Gasteiger charge is 2.24. The maximum absolute atomic E-state index is 9.02. The van der Waals surface area contributed by atoms with Crippen molar-refractivity contribution in [3.05, 3.63) is 0 Å². The summed E-state index contributed by atoms with van der Waals surface area (Å²) in [6.07, 6.45) is -0.584. The molecule has 0 radical (unpaired) electrons. The third-order valence-electron chi connectivity index (χ3n) is 1.43. The molecule has 1 aliphatic heterocycles. The minimum Gasteiger partial charge on any atom is -0.389 e. The highest BCUT2D eigenvalue weighted by atomic mass is 16.5. The SMILES string of the molecule is NC1COC(N)C(O)C1. The van der Waals surface area contributed by atoms with E-state index in [1.807, 2.05) is 0 Å². The molecule has 3 atom stereocenters. The minimum absolute atomic E-state index is 0.0557. The molecule has 0 aliphatic carbocycles. The molecule has 5 N–H and O–H groups in total. The number of aliphatic hydroxyl groups is 1. The molecule has 4 heteroatoms. The molecule has 1 fully saturated rings. The smallest absolute Gasteiger partial charge is 0.131 e. The first kappa shape index (κ1) is 6.95. The molecule has 54 valence electrons. The molecule has 4 nitrogen and oxygen atoms in total. The average Bonchev–Trinajstić information content (AvgIpc) is 1.80. The van der Waals surface area contributed by atoms with Gasteiger partial charge in [0.1, 0.15) is 6.23 Å². The van der Waals surface area contributed by atoms with E-state index in [0.29, 0.717) is 13.0 Å². The van der Waals surface area contributed by atoms with Crippen LogP contribution in [-0.2, 0) is 4.74 Å². The normalized spacial score (nSPS) is 45.0. The summed E-state index contributed by atoms with van der Waals surface area (Å²) < 4.78 is 4.91. The Balaban J connectivity index is 2.35. The van der Waals surface area contributed by atoms with Gasteiger partial charge in [0, 0.05) is 6.04 Å². The maximum atomic E-state index is 9.02. The van der Waals surface area contributed by atoms with Crippen molar-refractivity contribution in [2.75, 3.05) is 6.61 Å². The van der Waals surface area contributed by atoms with Crippen molar-refractivity contribution in [2.24, 2.45) is 11.5 Å². The summed E-state index contributed by atoms with van der Waals surface area (Å²) in [4.78, 5) is 0. The van der Waals surface area contributed by atoms with Crippen molar-refractivity contribution >= 4 is 0 Å². The van der Waals surface area contributed by atoms with Crippen LogP contribution in [0.1, 0.15) is 6.42 Å². The number of hydrogen-bond donors (Lipinski definition) is 3. The Labute approximate surface area is 53.8 Å². The summed E-state index contributed by atoms with van der Waals surface area (Å²) in [6.45, 7) is 0.457. The summed E-state index contributed by atoms with van der Waals surface area (Å²) in [5, 5.41) is 9.02. The zero-order chi connectivity index (χ0) is 6.85. The molecule has 0 spiro atoms. The first-order valence-electron chi connectivity index (χ1n) is 3.01. The number of nitrogens with two attached hydrogens (primary N) is 2. The van der Waals surface area contributed by atoms with E-state index in [1.54, 1.807) is 0 Å². The summed E-state index contributed by atoms with van der Waals surface area (Å²) in [5.74, 6) is 0. The van der Waals surface area contributed by atoms with Crippen molar-refractivity contribution in [3.63, 3.8) is 0 Å². The van der Waals surface area contributed by atoms with Gasteiger partial charge < -0.3 is 21.3 Å². The zero-order valence-electron chi connectivity index (χ0n) is 5.16. The lowest BCUT2D eigenvalue weighted by molar-refractivity contribution is -0.0778. The summed E-state index contributed by atoms with van der Waals surface area (Å²) in [7, 11) is 0. The molecular formula is C5H12N2O2. The number of rotatable bonds is 0. The van der Waals surface area contributed by atoms with E-state index in [0.717, 1.165) is 0 Å². The standard InChI is InChI=1S/C5H12N2O2/c6-3-1-4(8)5(7)9-2-3/h3-5,8H,1-2,6-7H2. The third kappa shape index (κ3) is 1.62. The highest BCUT2D eigenvalue weighted by molar-refractivity contribution is 4.76. The molecule has 0 saturated carbocycles. The van der Waals surface area contributed by atoms with Crippen LogP contribution in [0.15, 0.2) is 0 Å². The van der Waals surface area contributed by atoms with E-state index < -0.39 is 12.3 Å². The molecule has 0 bridgehead atoms. The fourth-order valence-electron chi connectivity index (χ4n) is 0.858. The van der Waals surface area contributed by atoms with E-state index in [-0.39, 0.29) is 6.04 Å². The van der Waals surface area contributed by atoms with Crippen LogP contribution in [0.2, 0.25) is 0 Å². The lowest BCUT2D eigenvalue weighted by Gasteiger charge is -2.28. The van der Waals surface area contributed by atoms with Gasteiger partial charge in [-0.25, -0.2) is 0 Å². The van der Waals surface area contributed by atoms with Gasteiger partial charge in [0.05, 0.1) is 12.7 Å². The van der Waals surface area contributed by atoms with Crippen LogP contribution in [0.4, 0.5) is 0 Å². The van der Waals surface area contributed by atoms with Gasteiger partial charge in [0.15, 0.2) is 0 Å². The van der Waals surface area contributed by atoms with Crippen LogP contribution in [0.3, 0.4) is 0 Å². The second kappa shape index (κ2) is 2.62. The van der Waals surface area contributed by atoms with Crippen LogP contribution in [0, 0.1) is 0 Å². The molecule has 0 aromatic carbocycles. The molecule has 1 rings (SSSR count). The van der Waals surface area contributed by atoms with E-state index in [2.05, 4.69) is 0 Å². The predicted molar refractivity (Wildman–Crippen MR) is 32.5 cm³/mol. The molecule has 0 aromatic rings. The van der Waals surface area contributed by atoms with Gasteiger partial charge in [0.25, 0.3) is 0 Å². The second-order valence-electron chi connectivity index (χ2n) is 2.36. The van der Waals surface area contributed by atoms with Gasteiger partial charge in [-0.2, -0.15) is 0 Å². The van der Waals surface area contributed by atoms with Crippen molar-refractivity contribution in [3.8, 4) is 0 Å². The molecule has 1 heterocycles. The Morgan fingerprint density at radius 2 is 2.11 bits per heavy atom. The summed E-state index contributed by atoms with van der Waals surface area (Å²) in [5.41, 5.74) is 10.8. The van der Waals surface area contributed by atoms with Crippen LogP contribution in [0.5, 0.6) is 0 Å². The fourth-order valence-corrected chi connectivity index (χ4v) is 0.858. The van der Waals surface area contributed by atoms with Crippen LogP contribution in [0.25, 0.3) is 0 Å². The molecule has 0 amide bonds. The van der Waals surface area contributed by atoms with E-state index in [1.165, 1.54) is 0 Å². The molecule has 3 unspecified atom stereocenters. The van der Waals surface area contributed by atoms with Crippen molar-refractivity contribution in [2.45, 2.75) is 24.8 Å². The van der Waals surface area contributed by atoms with Crippen LogP contribution >= 0.6 is 0 Å². The molecular weight excluding hydrogens is 120 g/mol. The van der Waals surface area contributed by atoms with Gasteiger partial charge in [-0.1, -0.05) is 0 Å². The topological polar surface area (TPSA) is 81.5 Å². The third-order valence-corrected chi connectivity index (χ3v) is 1.43. The largest absolute Gasteiger partial charge is 0.389 e. The van der Waals surface area contributed by atoms with Gasteiger partial charge in [0.2, 0.25) is 0 Å². The molecule has 0 aromatic heterocycles. The second-order valence-corrected chi connectivity index (χ2v) is 2.36. The summed E-state index contributed by atoms with van der Waals surface area (Å²) in [6, 6.07) is -0.0557. The number of hydrogen-bond acceptors (Lipinski definition) is 4. The quantitative estimate of drug-likeness (QED) is 0.370. The van der Waals surface area contributed by atoms with Crippen LogP contribution < -0.4 is 11.5 Å². The highest BCUT2D eigenvalue weighted by Crippen LogP contribution is 2.08. The van der Waals surface area contributed by atoms with Gasteiger partial charge in [-0.15, -0.1) is 0 Å². The first-order valence-corrected chi connectivity index (χ1v) is 3.01. The van der Waals surface area contributed by atoms with Gasteiger partial charge >= 0.3 is 0 Å². The van der Waals surface area contributed by atoms with E-state index in [4.69, 9.17) is 21.3 Å². The maximum Gasteiger partial charge on any atom is 0.131 e. The Bertz CT molecular complexity index is 99.0. The predicted octanol–water partition coefficient (Wildman–Crippen LogP) is -1.62. The summed E-state index contributed by atoms with van der Waals surface area (Å²) >= 11 is 0. The van der Waals surface area contributed by atoms with Gasteiger partial charge in [-0.3, -0.25) is 0 Å². The van der Waals surface area contributed by atoms with E-state index in [9.17, 15) is 0 Å². The monoisotopic (exact) mass is 132 g/mol. The van der Waals surface area contributed by atoms with Crippen molar-refractivity contribution in [1.29, 1.82) is 0 Å². The fraction of sp³-hybridized carbons (Fsp3) is 1.00. The minimum atomic E-state index is -0.589. The Morgan fingerprint density at radius 1 is 1.44 bits per heavy atom. The van der Waals surface area contributed by atoms with E-state index >= 15 is 0 Å². The van der Waals surface area contributed by atoms with Crippen LogP contribution in [-0.4, -0.2) is 30.1 Å². The Hall–Kier alpha value is -0.160. The average molecular weight is 132 g/mol. The number of ether oxygens (including phenoxy) is 1. The first-order chi connectivity index (χ1) is 4.20. The molecule has 1 aliphatic rings. The van der Waals surface area contributed by atoms with Gasteiger partial charge in [-0.05, 0) is 6.42 Å². The lowest BCUT2D eigenvalue weighted by atomic mass is 10.1.